The Balaban J connectivity index is 2.24. The zero-order chi connectivity index (χ0) is 12.5. The Morgan fingerprint density at radius 2 is 1.88 bits per heavy atom. The second-order valence-corrected chi connectivity index (χ2v) is 5.84. The minimum Gasteiger partial charge on any atom is -0.382 e. The van der Waals surface area contributed by atoms with Gasteiger partial charge >= 0.3 is 0 Å². The van der Waals surface area contributed by atoms with Gasteiger partial charge in [-0.2, -0.15) is 0 Å². The van der Waals surface area contributed by atoms with Crippen LogP contribution in [0.25, 0.3) is 0 Å². The summed E-state index contributed by atoms with van der Waals surface area (Å²) in [6.45, 7) is 10.8. The maximum Gasteiger partial charge on any atom is 0.0469 e. The van der Waals surface area contributed by atoms with Crippen molar-refractivity contribution in [3.8, 4) is 0 Å². The summed E-state index contributed by atoms with van der Waals surface area (Å²) < 4.78 is 5.52. The maximum atomic E-state index is 5.52. The van der Waals surface area contributed by atoms with Crippen LogP contribution in [0.15, 0.2) is 0 Å². The van der Waals surface area contributed by atoms with Gasteiger partial charge in [-0.25, -0.2) is 0 Å². The van der Waals surface area contributed by atoms with E-state index in [2.05, 4.69) is 26.1 Å². The van der Waals surface area contributed by atoms with E-state index in [0.717, 1.165) is 37.5 Å². The zero-order valence-corrected chi connectivity index (χ0v) is 12.0. The Morgan fingerprint density at radius 3 is 2.47 bits per heavy atom. The van der Waals surface area contributed by atoms with E-state index in [1.54, 1.807) is 0 Å². The van der Waals surface area contributed by atoms with E-state index in [0.29, 0.717) is 0 Å². The van der Waals surface area contributed by atoms with E-state index in [-0.39, 0.29) is 0 Å². The third-order valence-corrected chi connectivity index (χ3v) is 3.86. The maximum absolute atomic E-state index is 5.52. The lowest BCUT2D eigenvalue weighted by atomic mass is 9.88. The molecule has 0 spiro atoms. The van der Waals surface area contributed by atoms with Crippen LogP contribution in [0.2, 0.25) is 0 Å². The third kappa shape index (κ3) is 6.42. The first-order chi connectivity index (χ1) is 8.24. The largest absolute Gasteiger partial charge is 0.382 e. The molecule has 2 heteroatoms. The molecule has 1 fully saturated rings. The molecule has 0 bridgehead atoms. The first kappa shape index (κ1) is 15.0. The lowest BCUT2D eigenvalue weighted by Gasteiger charge is -2.24. The molecule has 17 heavy (non-hydrogen) atoms. The summed E-state index contributed by atoms with van der Waals surface area (Å²) in [5, 5.41) is 3.63. The number of rotatable bonds is 9. The Morgan fingerprint density at radius 1 is 1.18 bits per heavy atom. The van der Waals surface area contributed by atoms with Gasteiger partial charge in [0.25, 0.3) is 0 Å². The third-order valence-electron chi connectivity index (χ3n) is 3.86. The molecule has 0 radical (unpaired) electrons. The van der Waals surface area contributed by atoms with Gasteiger partial charge in [-0.05, 0) is 44.2 Å². The van der Waals surface area contributed by atoms with Gasteiger partial charge in [0.15, 0.2) is 0 Å². The molecule has 1 aliphatic carbocycles. The predicted molar refractivity (Wildman–Crippen MR) is 74.3 cm³/mol. The van der Waals surface area contributed by atoms with Crippen molar-refractivity contribution in [1.29, 1.82) is 0 Å². The molecule has 1 aliphatic rings. The molecule has 1 atom stereocenters. The molecule has 0 aromatic rings. The fourth-order valence-corrected chi connectivity index (χ4v) is 2.87. The van der Waals surface area contributed by atoms with E-state index >= 15 is 0 Å². The van der Waals surface area contributed by atoms with Crippen molar-refractivity contribution in [3.63, 3.8) is 0 Å². The summed E-state index contributed by atoms with van der Waals surface area (Å²) in [6, 6.07) is 0. The molecular formula is C15H31NO. The van der Waals surface area contributed by atoms with Crippen LogP contribution in [0.5, 0.6) is 0 Å². The highest BCUT2D eigenvalue weighted by Crippen LogP contribution is 2.32. The van der Waals surface area contributed by atoms with Gasteiger partial charge in [0.05, 0.1) is 0 Å². The average Bonchev–Trinajstić information content (AvgIpc) is 2.80. The molecular weight excluding hydrogens is 210 g/mol. The van der Waals surface area contributed by atoms with E-state index in [4.69, 9.17) is 4.74 Å². The van der Waals surface area contributed by atoms with Crippen LogP contribution >= 0.6 is 0 Å². The molecule has 0 aromatic carbocycles. The van der Waals surface area contributed by atoms with E-state index in [9.17, 15) is 0 Å². The van der Waals surface area contributed by atoms with Crippen LogP contribution < -0.4 is 5.32 Å². The lowest BCUT2D eigenvalue weighted by Crippen LogP contribution is -2.30. The number of hydrogen-bond acceptors (Lipinski definition) is 2. The van der Waals surface area contributed by atoms with Crippen molar-refractivity contribution in [2.45, 2.75) is 52.9 Å². The van der Waals surface area contributed by atoms with Crippen molar-refractivity contribution < 1.29 is 4.74 Å². The van der Waals surface area contributed by atoms with Gasteiger partial charge in [-0.3, -0.25) is 0 Å². The number of ether oxygens (including phenoxy) is 1. The molecule has 0 amide bonds. The summed E-state index contributed by atoms with van der Waals surface area (Å²) in [4.78, 5) is 0. The minimum atomic E-state index is 0.756. The quantitative estimate of drug-likeness (QED) is 0.624. The van der Waals surface area contributed by atoms with Crippen molar-refractivity contribution in [3.05, 3.63) is 0 Å². The number of nitrogens with one attached hydrogen (secondary N) is 1. The molecule has 102 valence electrons. The van der Waals surface area contributed by atoms with Crippen LogP contribution in [0.4, 0.5) is 0 Å². The smallest absolute Gasteiger partial charge is 0.0469 e. The average molecular weight is 241 g/mol. The van der Waals surface area contributed by atoms with Crippen LogP contribution in [0.1, 0.15) is 52.9 Å². The molecule has 0 heterocycles. The monoisotopic (exact) mass is 241 g/mol. The molecule has 0 aliphatic heterocycles. The summed E-state index contributed by atoms with van der Waals surface area (Å²) in [6.07, 6.45) is 7.02. The summed E-state index contributed by atoms with van der Waals surface area (Å²) in [5.74, 6) is 2.55. The molecule has 1 N–H and O–H groups in total. The van der Waals surface area contributed by atoms with Crippen molar-refractivity contribution in [1.82, 2.24) is 5.32 Å². The summed E-state index contributed by atoms with van der Waals surface area (Å²) in [5.41, 5.74) is 0. The van der Waals surface area contributed by atoms with E-state index in [1.165, 1.54) is 38.6 Å². The van der Waals surface area contributed by atoms with Gasteiger partial charge in [0, 0.05) is 13.2 Å². The minimum absolute atomic E-state index is 0.756. The van der Waals surface area contributed by atoms with Crippen LogP contribution in [0, 0.1) is 17.8 Å². The van der Waals surface area contributed by atoms with Gasteiger partial charge in [0.1, 0.15) is 0 Å². The molecule has 0 aromatic heterocycles. The standard InChI is InChI=1S/C15H31NO/c1-4-17-10-9-15(12-16-11-13(2)3)14-7-5-6-8-14/h13-16H,4-12H2,1-3H3. The molecule has 1 rings (SSSR count). The fourth-order valence-electron chi connectivity index (χ4n) is 2.87. The van der Waals surface area contributed by atoms with Crippen LogP contribution in [0.3, 0.4) is 0 Å². The second-order valence-electron chi connectivity index (χ2n) is 5.84. The highest BCUT2D eigenvalue weighted by molar-refractivity contribution is 4.77. The molecule has 0 saturated heterocycles. The second kappa shape index (κ2) is 8.93. The van der Waals surface area contributed by atoms with Gasteiger partial charge in [-0.15, -0.1) is 0 Å². The topological polar surface area (TPSA) is 21.3 Å². The summed E-state index contributed by atoms with van der Waals surface area (Å²) in [7, 11) is 0. The Kier molecular flexibility index (Phi) is 7.87. The van der Waals surface area contributed by atoms with E-state index in [1.807, 2.05) is 0 Å². The highest BCUT2D eigenvalue weighted by atomic mass is 16.5. The number of hydrogen-bond donors (Lipinski definition) is 1. The first-order valence-electron chi connectivity index (χ1n) is 7.52. The Hall–Kier alpha value is -0.0800. The van der Waals surface area contributed by atoms with Crippen molar-refractivity contribution in [2.24, 2.45) is 17.8 Å². The zero-order valence-electron chi connectivity index (χ0n) is 12.0. The van der Waals surface area contributed by atoms with Crippen LogP contribution in [-0.2, 0) is 4.74 Å². The van der Waals surface area contributed by atoms with Gasteiger partial charge in [0.2, 0.25) is 0 Å². The SMILES string of the molecule is CCOCCC(CNCC(C)C)C1CCCC1. The normalized spacial score (nSPS) is 19.1. The van der Waals surface area contributed by atoms with Crippen LogP contribution in [-0.4, -0.2) is 26.3 Å². The molecule has 1 saturated carbocycles. The first-order valence-corrected chi connectivity index (χ1v) is 7.52. The van der Waals surface area contributed by atoms with E-state index < -0.39 is 0 Å². The van der Waals surface area contributed by atoms with Gasteiger partial charge in [-0.1, -0.05) is 39.5 Å². The summed E-state index contributed by atoms with van der Waals surface area (Å²) >= 11 is 0. The lowest BCUT2D eigenvalue weighted by molar-refractivity contribution is 0.120. The van der Waals surface area contributed by atoms with Crippen molar-refractivity contribution >= 4 is 0 Å². The van der Waals surface area contributed by atoms with Crippen molar-refractivity contribution in [2.75, 3.05) is 26.3 Å². The Bertz CT molecular complexity index is 176. The van der Waals surface area contributed by atoms with Gasteiger partial charge < -0.3 is 10.1 Å². The highest BCUT2D eigenvalue weighted by Gasteiger charge is 2.24. The fraction of sp³-hybridized carbons (Fsp3) is 1.00. The molecule has 2 nitrogen and oxygen atoms in total. The Labute approximate surface area is 108 Å². The molecule has 1 unspecified atom stereocenters. The predicted octanol–water partition coefficient (Wildman–Crippen LogP) is 3.47.